The smallest absolute Gasteiger partial charge is 0.0346 e. The average Bonchev–Trinajstić information content (AvgIpc) is 2.59. The lowest BCUT2D eigenvalue weighted by Gasteiger charge is -2.08. The molecule has 2 aromatic rings. The van der Waals surface area contributed by atoms with E-state index in [2.05, 4.69) is 42.7 Å². The highest BCUT2D eigenvalue weighted by molar-refractivity contribution is 7.17. The van der Waals surface area contributed by atoms with Gasteiger partial charge < -0.3 is 5.32 Å². The molecule has 1 aromatic carbocycles. The van der Waals surface area contributed by atoms with E-state index >= 15 is 0 Å². The molecular formula is C12H15NS. The Balaban J connectivity index is 2.61. The van der Waals surface area contributed by atoms with E-state index in [1.54, 1.807) is 0 Å². The van der Waals surface area contributed by atoms with Gasteiger partial charge in [-0.3, -0.25) is 0 Å². The van der Waals surface area contributed by atoms with E-state index in [0.717, 1.165) is 0 Å². The van der Waals surface area contributed by atoms with Gasteiger partial charge in [0.25, 0.3) is 0 Å². The summed E-state index contributed by atoms with van der Waals surface area (Å²) in [5.41, 5.74) is 2.75. The first-order valence-electron chi connectivity index (χ1n) is 4.87. The van der Waals surface area contributed by atoms with Crippen LogP contribution in [0.4, 0.5) is 0 Å². The number of hydrogen-bond acceptors (Lipinski definition) is 2. The van der Waals surface area contributed by atoms with Crippen LogP contribution in [-0.2, 0) is 0 Å². The van der Waals surface area contributed by atoms with Crippen LogP contribution in [0.3, 0.4) is 0 Å². The zero-order valence-electron chi connectivity index (χ0n) is 8.79. The number of hydrogen-bond donors (Lipinski definition) is 1. The molecule has 1 heterocycles. The monoisotopic (exact) mass is 205 g/mol. The van der Waals surface area contributed by atoms with Gasteiger partial charge in [0, 0.05) is 10.7 Å². The molecule has 1 aromatic heterocycles. The SMILES string of the molecule is CNC(C)c1csc2ccc(C)cc12. The molecule has 0 radical (unpaired) electrons. The van der Waals surface area contributed by atoms with Crippen LogP contribution in [-0.4, -0.2) is 7.05 Å². The van der Waals surface area contributed by atoms with Gasteiger partial charge in [-0.15, -0.1) is 11.3 Å². The second kappa shape index (κ2) is 3.71. The van der Waals surface area contributed by atoms with Crippen LogP contribution < -0.4 is 5.32 Å². The van der Waals surface area contributed by atoms with Gasteiger partial charge in [0.1, 0.15) is 0 Å². The van der Waals surface area contributed by atoms with Crippen molar-refractivity contribution in [3.63, 3.8) is 0 Å². The summed E-state index contributed by atoms with van der Waals surface area (Å²) >= 11 is 1.83. The molecule has 74 valence electrons. The molecule has 2 heteroatoms. The summed E-state index contributed by atoms with van der Waals surface area (Å²) in [6.45, 7) is 4.34. The number of fused-ring (bicyclic) bond motifs is 1. The molecule has 0 aliphatic carbocycles. The number of nitrogens with one attached hydrogen (secondary N) is 1. The number of rotatable bonds is 2. The summed E-state index contributed by atoms with van der Waals surface area (Å²) in [4.78, 5) is 0. The Morgan fingerprint density at radius 2 is 2.14 bits per heavy atom. The molecule has 1 unspecified atom stereocenters. The maximum atomic E-state index is 3.29. The van der Waals surface area contributed by atoms with Crippen molar-refractivity contribution in [2.24, 2.45) is 0 Å². The van der Waals surface area contributed by atoms with Gasteiger partial charge in [-0.1, -0.05) is 17.7 Å². The topological polar surface area (TPSA) is 12.0 Å². The van der Waals surface area contributed by atoms with Gasteiger partial charge in [0.2, 0.25) is 0 Å². The van der Waals surface area contributed by atoms with Crippen molar-refractivity contribution in [1.82, 2.24) is 5.32 Å². The van der Waals surface area contributed by atoms with E-state index in [4.69, 9.17) is 0 Å². The second-order valence-electron chi connectivity index (χ2n) is 3.70. The molecule has 0 amide bonds. The van der Waals surface area contributed by atoms with Crippen molar-refractivity contribution in [1.29, 1.82) is 0 Å². The highest BCUT2D eigenvalue weighted by Gasteiger charge is 2.09. The molecule has 0 spiro atoms. The molecule has 0 fully saturated rings. The largest absolute Gasteiger partial charge is 0.313 e. The predicted octanol–water partition coefficient (Wildman–Crippen LogP) is 3.49. The number of benzene rings is 1. The standard InChI is InChI=1S/C12H15NS/c1-8-4-5-12-10(6-8)11(7-14-12)9(2)13-3/h4-7,9,13H,1-3H3. The van der Waals surface area contributed by atoms with Gasteiger partial charge in [-0.25, -0.2) is 0 Å². The van der Waals surface area contributed by atoms with E-state index < -0.39 is 0 Å². The van der Waals surface area contributed by atoms with Crippen molar-refractivity contribution >= 4 is 21.4 Å². The molecular weight excluding hydrogens is 190 g/mol. The van der Waals surface area contributed by atoms with E-state index in [-0.39, 0.29) is 0 Å². The Bertz CT molecular complexity index is 445. The Morgan fingerprint density at radius 3 is 2.86 bits per heavy atom. The van der Waals surface area contributed by atoms with Crippen LogP contribution in [0.2, 0.25) is 0 Å². The Morgan fingerprint density at radius 1 is 1.36 bits per heavy atom. The van der Waals surface area contributed by atoms with Gasteiger partial charge in [0.15, 0.2) is 0 Å². The van der Waals surface area contributed by atoms with Crippen LogP contribution in [0.25, 0.3) is 10.1 Å². The Labute approximate surface area is 88.8 Å². The van der Waals surface area contributed by atoms with Gasteiger partial charge >= 0.3 is 0 Å². The van der Waals surface area contributed by atoms with Gasteiger partial charge in [0.05, 0.1) is 0 Å². The summed E-state index contributed by atoms with van der Waals surface area (Å²) < 4.78 is 1.38. The third-order valence-electron chi connectivity index (χ3n) is 2.66. The number of thiophene rings is 1. The Hall–Kier alpha value is -0.860. The average molecular weight is 205 g/mol. The summed E-state index contributed by atoms with van der Waals surface area (Å²) in [5, 5.41) is 6.94. The molecule has 1 nitrogen and oxygen atoms in total. The van der Waals surface area contributed by atoms with Crippen LogP contribution in [0, 0.1) is 6.92 Å². The van der Waals surface area contributed by atoms with Crippen molar-refractivity contribution in [3.05, 3.63) is 34.7 Å². The minimum Gasteiger partial charge on any atom is -0.313 e. The minimum absolute atomic E-state index is 0.436. The van der Waals surface area contributed by atoms with Crippen LogP contribution in [0.1, 0.15) is 24.1 Å². The lowest BCUT2D eigenvalue weighted by molar-refractivity contribution is 0.659. The molecule has 0 bridgehead atoms. The van der Waals surface area contributed by atoms with E-state index in [1.807, 2.05) is 18.4 Å². The Kier molecular flexibility index (Phi) is 2.57. The fraction of sp³-hybridized carbons (Fsp3) is 0.333. The van der Waals surface area contributed by atoms with Crippen molar-refractivity contribution in [2.45, 2.75) is 19.9 Å². The van der Waals surface area contributed by atoms with Gasteiger partial charge in [-0.05, 0) is 43.3 Å². The fourth-order valence-electron chi connectivity index (χ4n) is 1.65. The summed E-state index contributed by atoms with van der Waals surface area (Å²) in [6, 6.07) is 7.09. The molecule has 0 saturated heterocycles. The normalized spacial score (nSPS) is 13.4. The number of aryl methyl sites for hydroxylation is 1. The highest BCUT2D eigenvalue weighted by Crippen LogP contribution is 2.30. The van der Waals surface area contributed by atoms with Crippen molar-refractivity contribution in [3.8, 4) is 0 Å². The quantitative estimate of drug-likeness (QED) is 0.791. The first-order chi connectivity index (χ1) is 6.72. The third-order valence-corrected chi connectivity index (χ3v) is 3.64. The summed E-state index contributed by atoms with van der Waals surface area (Å²) in [7, 11) is 2.00. The molecule has 2 rings (SSSR count). The minimum atomic E-state index is 0.436. The summed E-state index contributed by atoms with van der Waals surface area (Å²) in [5.74, 6) is 0. The maximum absolute atomic E-state index is 3.29. The van der Waals surface area contributed by atoms with Crippen LogP contribution >= 0.6 is 11.3 Å². The van der Waals surface area contributed by atoms with Crippen molar-refractivity contribution in [2.75, 3.05) is 7.05 Å². The fourth-order valence-corrected chi connectivity index (χ4v) is 2.69. The summed E-state index contributed by atoms with van der Waals surface area (Å²) in [6.07, 6.45) is 0. The first kappa shape index (κ1) is 9.69. The predicted molar refractivity (Wildman–Crippen MR) is 64.0 cm³/mol. The zero-order valence-corrected chi connectivity index (χ0v) is 9.61. The van der Waals surface area contributed by atoms with Crippen LogP contribution in [0.15, 0.2) is 23.6 Å². The van der Waals surface area contributed by atoms with E-state index in [0.29, 0.717) is 6.04 Å². The maximum Gasteiger partial charge on any atom is 0.0346 e. The molecule has 1 N–H and O–H groups in total. The first-order valence-corrected chi connectivity index (χ1v) is 5.75. The highest BCUT2D eigenvalue weighted by atomic mass is 32.1. The molecule has 1 atom stereocenters. The molecule has 0 saturated carbocycles. The molecule has 0 aliphatic rings. The molecule has 0 aliphatic heterocycles. The van der Waals surface area contributed by atoms with Crippen molar-refractivity contribution < 1.29 is 0 Å². The van der Waals surface area contributed by atoms with Crippen LogP contribution in [0.5, 0.6) is 0 Å². The van der Waals surface area contributed by atoms with E-state index in [9.17, 15) is 0 Å². The van der Waals surface area contributed by atoms with Gasteiger partial charge in [-0.2, -0.15) is 0 Å². The third kappa shape index (κ3) is 1.56. The lowest BCUT2D eigenvalue weighted by atomic mass is 10.1. The zero-order chi connectivity index (χ0) is 10.1. The molecule has 14 heavy (non-hydrogen) atoms. The van der Waals surface area contributed by atoms with E-state index in [1.165, 1.54) is 21.2 Å². The lowest BCUT2D eigenvalue weighted by Crippen LogP contribution is -2.11. The second-order valence-corrected chi connectivity index (χ2v) is 4.61.